The molecule has 3 nitrogen and oxygen atoms in total. The number of para-hydroxylation sites is 1. The molecule has 3 rings (SSSR count). The van der Waals surface area contributed by atoms with Crippen molar-refractivity contribution in [2.75, 3.05) is 0 Å². The van der Waals surface area contributed by atoms with Gasteiger partial charge in [0.1, 0.15) is 11.6 Å². The van der Waals surface area contributed by atoms with E-state index in [1.54, 1.807) is 0 Å². The third-order valence-electron chi connectivity index (χ3n) is 3.51. The van der Waals surface area contributed by atoms with E-state index in [0.29, 0.717) is 5.75 Å². The molecule has 102 valence electrons. The van der Waals surface area contributed by atoms with E-state index < -0.39 is 0 Å². The Hall–Kier alpha value is -1.81. The quantitative estimate of drug-likeness (QED) is 0.751. The Morgan fingerprint density at radius 1 is 1.25 bits per heavy atom. The number of imidazole rings is 1. The second-order valence-corrected chi connectivity index (χ2v) is 5.70. The predicted molar refractivity (Wildman–Crippen MR) is 84.9 cm³/mol. The Bertz CT molecular complexity index is 793. The number of aromatic nitrogens is 2. The average Bonchev–Trinajstić information content (AvgIpc) is 2.79. The summed E-state index contributed by atoms with van der Waals surface area (Å²) in [4.78, 5) is 4.69. The average molecular weight is 331 g/mol. The number of hydrogen-bond acceptors (Lipinski definition) is 2. The molecule has 0 aliphatic rings. The summed E-state index contributed by atoms with van der Waals surface area (Å²) in [5.41, 5.74) is 3.64. The molecule has 3 aromatic rings. The van der Waals surface area contributed by atoms with E-state index >= 15 is 0 Å². The standard InChI is InChI=1S/C16H15BrN2O/c1-3-19-14-8-7-11(17)9-13(14)18-16(19)12-6-4-5-10(2)15(12)20/h4-9,20H,3H2,1-2H3. The fraction of sp³-hybridized carbons (Fsp3) is 0.188. The van der Waals surface area contributed by atoms with Gasteiger partial charge >= 0.3 is 0 Å². The van der Waals surface area contributed by atoms with Crippen molar-refractivity contribution >= 4 is 27.0 Å². The van der Waals surface area contributed by atoms with Gasteiger partial charge in [0.25, 0.3) is 0 Å². The highest BCUT2D eigenvalue weighted by Crippen LogP contribution is 2.33. The maximum absolute atomic E-state index is 10.3. The van der Waals surface area contributed by atoms with Crippen LogP contribution in [-0.2, 0) is 6.54 Å². The zero-order chi connectivity index (χ0) is 14.3. The number of phenolic OH excluding ortho intramolecular Hbond substituents is 1. The number of fused-ring (bicyclic) bond motifs is 1. The lowest BCUT2D eigenvalue weighted by atomic mass is 10.1. The lowest BCUT2D eigenvalue weighted by Gasteiger charge is -2.09. The van der Waals surface area contributed by atoms with E-state index in [-0.39, 0.29) is 0 Å². The molecule has 0 unspecified atom stereocenters. The third kappa shape index (κ3) is 2.00. The van der Waals surface area contributed by atoms with E-state index in [2.05, 4.69) is 32.4 Å². The van der Waals surface area contributed by atoms with Crippen molar-refractivity contribution in [2.45, 2.75) is 20.4 Å². The SMILES string of the molecule is CCn1c(-c2cccc(C)c2O)nc2cc(Br)ccc21. The second-order valence-electron chi connectivity index (χ2n) is 4.78. The number of nitrogens with zero attached hydrogens (tertiary/aromatic N) is 2. The number of hydrogen-bond donors (Lipinski definition) is 1. The molecule has 0 radical (unpaired) electrons. The van der Waals surface area contributed by atoms with Crippen molar-refractivity contribution < 1.29 is 5.11 Å². The minimum atomic E-state index is 0.302. The highest BCUT2D eigenvalue weighted by molar-refractivity contribution is 9.10. The normalized spacial score (nSPS) is 11.2. The van der Waals surface area contributed by atoms with Crippen molar-refractivity contribution in [1.29, 1.82) is 0 Å². The highest BCUT2D eigenvalue weighted by atomic mass is 79.9. The van der Waals surface area contributed by atoms with Crippen molar-refractivity contribution in [2.24, 2.45) is 0 Å². The van der Waals surface area contributed by atoms with Crippen LogP contribution in [0.25, 0.3) is 22.4 Å². The van der Waals surface area contributed by atoms with Crippen LogP contribution in [0, 0.1) is 6.92 Å². The number of rotatable bonds is 2. The first-order valence-electron chi connectivity index (χ1n) is 6.56. The zero-order valence-corrected chi connectivity index (χ0v) is 13.0. The maximum Gasteiger partial charge on any atom is 0.144 e. The van der Waals surface area contributed by atoms with E-state index in [9.17, 15) is 5.11 Å². The summed E-state index contributed by atoms with van der Waals surface area (Å²) >= 11 is 3.47. The summed E-state index contributed by atoms with van der Waals surface area (Å²) < 4.78 is 3.13. The van der Waals surface area contributed by atoms with Gasteiger partial charge in [-0.1, -0.05) is 28.1 Å². The van der Waals surface area contributed by atoms with Crippen LogP contribution >= 0.6 is 15.9 Å². The lowest BCUT2D eigenvalue weighted by molar-refractivity contribution is 0.472. The molecule has 0 aliphatic heterocycles. The van der Waals surface area contributed by atoms with Gasteiger partial charge in [0.05, 0.1) is 16.6 Å². The minimum Gasteiger partial charge on any atom is -0.507 e. The molecule has 0 bridgehead atoms. The van der Waals surface area contributed by atoms with Gasteiger partial charge in [-0.05, 0) is 43.7 Å². The first kappa shape index (κ1) is 13.2. The van der Waals surface area contributed by atoms with Gasteiger partial charge in [0.2, 0.25) is 0 Å². The molecule has 0 fully saturated rings. The van der Waals surface area contributed by atoms with Crippen molar-refractivity contribution in [3.63, 3.8) is 0 Å². The van der Waals surface area contributed by atoms with Crippen LogP contribution < -0.4 is 0 Å². The van der Waals surface area contributed by atoms with Crippen LogP contribution in [-0.4, -0.2) is 14.7 Å². The molecule has 0 aliphatic carbocycles. The molecule has 0 atom stereocenters. The van der Waals surface area contributed by atoms with Crippen molar-refractivity contribution in [3.05, 3.63) is 46.4 Å². The van der Waals surface area contributed by atoms with E-state index in [4.69, 9.17) is 0 Å². The molecule has 20 heavy (non-hydrogen) atoms. The number of aromatic hydroxyl groups is 1. The molecular weight excluding hydrogens is 316 g/mol. The second kappa shape index (κ2) is 4.94. The summed E-state index contributed by atoms with van der Waals surface area (Å²) in [7, 11) is 0. The predicted octanol–water partition coefficient (Wildman–Crippen LogP) is 4.50. The largest absolute Gasteiger partial charge is 0.507 e. The van der Waals surface area contributed by atoms with Crippen molar-refractivity contribution in [1.82, 2.24) is 9.55 Å². The minimum absolute atomic E-state index is 0.302. The molecule has 1 aromatic heterocycles. The summed E-state index contributed by atoms with van der Waals surface area (Å²) in [6.45, 7) is 4.79. The van der Waals surface area contributed by atoms with Gasteiger partial charge in [-0.25, -0.2) is 4.98 Å². The van der Waals surface area contributed by atoms with Gasteiger partial charge < -0.3 is 9.67 Å². The number of halogens is 1. The van der Waals surface area contributed by atoms with E-state index in [1.807, 2.05) is 43.3 Å². The van der Waals surface area contributed by atoms with Gasteiger partial charge in [0.15, 0.2) is 0 Å². The van der Waals surface area contributed by atoms with Crippen LogP contribution in [0.1, 0.15) is 12.5 Å². The zero-order valence-electron chi connectivity index (χ0n) is 11.4. The van der Waals surface area contributed by atoms with Gasteiger partial charge in [-0.15, -0.1) is 0 Å². The third-order valence-corrected chi connectivity index (χ3v) is 4.00. The molecule has 1 N–H and O–H groups in total. The van der Waals surface area contributed by atoms with E-state index in [1.165, 1.54) is 0 Å². The monoisotopic (exact) mass is 330 g/mol. The maximum atomic E-state index is 10.3. The fourth-order valence-corrected chi connectivity index (χ4v) is 2.82. The Labute approximate surface area is 126 Å². The number of aryl methyl sites for hydroxylation is 2. The van der Waals surface area contributed by atoms with Crippen LogP contribution in [0.4, 0.5) is 0 Å². The first-order chi connectivity index (χ1) is 9.61. The molecular formula is C16H15BrN2O. The lowest BCUT2D eigenvalue weighted by Crippen LogP contribution is -1.98. The van der Waals surface area contributed by atoms with Gasteiger partial charge in [0, 0.05) is 11.0 Å². The summed E-state index contributed by atoms with van der Waals surface area (Å²) in [5.74, 6) is 1.11. The van der Waals surface area contributed by atoms with Crippen LogP contribution in [0.5, 0.6) is 5.75 Å². The first-order valence-corrected chi connectivity index (χ1v) is 7.36. The Kier molecular flexibility index (Phi) is 3.26. The molecule has 0 saturated heterocycles. The number of benzene rings is 2. The van der Waals surface area contributed by atoms with Crippen LogP contribution in [0.2, 0.25) is 0 Å². The molecule has 0 amide bonds. The van der Waals surface area contributed by atoms with Crippen LogP contribution in [0.15, 0.2) is 40.9 Å². The smallest absolute Gasteiger partial charge is 0.144 e. The Morgan fingerprint density at radius 2 is 2.05 bits per heavy atom. The highest BCUT2D eigenvalue weighted by Gasteiger charge is 2.15. The summed E-state index contributed by atoms with van der Waals surface area (Å²) in [6.07, 6.45) is 0. The van der Waals surface area contributed by atoms with Gasteiger partial charge in [-0.3, -0.25) is 0 Å². The molecule has 1 heterocycles. The van der Waals surface area contributed by atoms with Crippen molar-refractivity contribution in [3.8, 4) is 17.1 Å². The summed E-state index contributed by atoms with van der Waals surface area (Å²) in [5, 5.41) is 10.3. The molecule has 4 heteroatoms. The number of phenols is 1. The summed E-state index contributed by atoms with van der Waals surface area (Å²) in [6, 6.07) is 11.8. The molecule has 0 saturated carbocycles. The Balaban J connectivity index is 2.33. The topological polar surface area (TPSA) is 38.0 Å². The van der Waals surface area contributed by atoms with Gasteiger partial charge in [-0.2, -0.15) is 0 Å². The Morgan fingerprint density at radius 3 is 2.80 bits per heavy atom. The van der Waals surface area contributed by atoms with Crippen LogP contribution in [0.3, 0.4) is 0 Å². The molecule has 0 spiro atoms. The fourth-order valence-electron chi connectivity index (χ4n) is 2.47. The van der Waals surface area contributed by atoms with E-state index in [0.717, 1.165) is 39.0 Å². The molecule has 2 aromatic carbocycles.